The first-order chi connectivity index (χ1) is 13.0. The Labute approximate surface area is 164 Å². The number of sulfonamides is 1. The molecule has 11 heteroatoms. The summed E-state index contributed by atoms with van der Waals surface area (Å²) in [6.45, 7) is -0.612. The third-order valence-electron chi connectivity index (χ3n) is 3.46. The van der Waals surface area contributed by atoms with Gasteiger partial charge in [-0.2, -0.15) is 18.3 Å². The first kappa shape index (κ1) is 21.7. The van der Waals surface area contributed by atoms with E-state index in [4.69, 9.17) is 11.6 Å². The molecule has 0 radical (unpaired) electrons. The number of benzene rings is 2. The monoisotopic (exact) mass is 433 g/mol. The minimum absolute atomic E-state index is 0.202. The summed E-state index contributed by atoms with van der Waals surface area (Å²) in [7, 11) is -3.80. The van der Waals surface area contributed by atoms with Crippen LogP contribution in [0.3, 0.4) is 0 Å². The molecule has 0 atom stereocenters. The van der Waals surface area contributed by atoms with Gasteiger partial charge in [-0.1, -0.05) is 29.8 Å². The zero-order valence-corrected chi connectivity index (χ0v) is 16.0. The van der Waals surface area contributed by atoms with Gasteiger partial charge in [0.1, 0.15) is 6.54 Å². The molecule has 1 N–H and O–H groups in total. The van der Waals surface area contributed by atoms with Crippen molar-refractivity contribution in [2.45, 2.75) is 6.18 Å². The highest BCUT2D eigenvalue weighted by Gasteiger charge is 2.32. The molecule has 2 aromatic rings. The predicted molar refractivity (Wildman–Crippen MR) is 101 cm³/mol. The molecule has 150 valence electrons. The van der Waals surface area contributed by atoms with E-state index >= 15 is 0 Å². The van der Waals surface area contributed by atoms with Crippen molar-refractivity contribution in [2.75, 3.05) is 17.1 Å². The van der Waals surface area contributed by atoms with Crippen LogP contribution < -0.4 is 9.73 Å². The number of hydrogen-bond donors (Lipinski definition) is 1. The Kier molecular flexibility index (Phi) is 6.68. The molecule has 28 heavy (non-hydrogen) atoms. The fourth-order valence-corrected chi connectivity index (χ4v) is 3.20. The van der Waals surface area contributed by atoms with E-state index in [1.165, 1.54) is 42.5 Å². The molecule has 0 aliphatic rings. The summed E-state index contributed by atoms with van der Waals surface area (Å²) in [5, 5.41) is 3.88. The predicted octanol–water partition coefficient (Wildman–Crippen LogP) is 3.28. The van der Waals surface area contributed by atoms with Crippen LogP contribution in [0.1, 0.15) is 11.1 Å². The smallest absolute Gasteiger partial charge is 0.271 e. The van der Waals surface area contributed by atoms with E-state index in [9.17, 15) is 26.4 Å². The van der Waals surface area contributed by atoms with Crippen molar-refractivity contribution in [1.29, 1.82) is 0 Å². The Bertz CT molecular complexity index is 977. The van der Waals surface area contributed by atoms with Crippen molar-refractivity contribution in [3.63, 3.8) is 0 Å². The van der Waals surface area contributed by atoms with E-state index in [0.717, 1.165) is 22.8 Å². The number of nitrogens with one attached hydrogen (secondary N) is 1. The molecule has 0 saturated heterocycles. The van der Waals surface area contributed by atoms with Crippen molar-refractivity contribution < 1.29 is 26.4 Å². The summed E-state index contributed by atoms with van der Waals surface area (Å²) in [5.41, 5.74) is 1.07. The Morgan fingerprint density at radius 3 is 2.36 bits per heavy atom. The molecule has 2 rings (SSSR count). The van der Waals surface area contributed by atoms with Crippen molar-refractivity contribution >= 4 is 39.4 Å². The molecule has 0 saturated carbocycles. The number of carbonyl (C=O) groups excluding carboxylic acids is 1. The topological polar surface area (TPSA) is 78.8 Å². The molecular formula is C17H15ClF3N3O3S. The first-order valence-electron chi connectivity index (χ1n) is 7.70. The minimum Gasteiger partial charge on any atom is -0.271 e. The van der Waals surface area contributed by atoms with Crippen molar-refractivity contribution in [2.24, 2.45) is 5.10 Å². The van der Waals surface area contributed by atoms with E-state index in [2.05, 4.69) is 5.10 Å². The van der Waals surface area contributed by atoms with Crippen LogP contribution in [-0.4, -0.2) is 33.3 Å². The number of amides is 1. The molecule has 0 aliphatic heterocycles. The normalized spacial score (nSPS) is 12.2. The molecule has 0 aromatic heterocycles. The molecule has 6 nitrogen and oxygen atoms in total. The fourth-order valence-electron chi connectivity index (χ4n) is 2.21. The van der Waals surface area contributed by atoms with E-state index in [1.54, 1.807) is 0 Å². The molecule has 1 amide bonds. The van der Waals surface area contributed by atoms with Gasteiger partial charge in [0.15, 0.2) is 0 Å². The summed E-state index contributed by atoms with van der Waals surface area (Å²) < 4.78 is 63.5. The summed E-state index contributed by atoms with van der Waals surface area (Å²) in [6, 6.07) is 10.4. The standard InChI is InChI=1S/C17H15ClF3N3O3S/c1-28(26,27)24(14-8-6-13(18)7-9-14)11-16(25)23-22-10-12-4-2-3-5-15(12)17(19,20)21/h2-10H,11H2,1H3,(H,23,25)/b22-10-. The van der Waals surface area contributed by atoms with Gasteiger partial charge in [-0.15, -0.1) is 0 Å². The molecule has 0 aliphatic carbocycles. The largest absolute Gasteiger partial charge is 0.417 e. The van der Waals surface area contributed by atoms with Crippen LogP contribution in [0.4, 0.5) is 18.9 Å². The second kappa shape index (κ2) is 8.61. The fraction of sp³-hybridized carbons (Fsp3) is 0.176. The van der Waals surface area contributed by atoms with Crippen LogP contribution in [-0.2, 0) is 21.0 Å². The lowest BCUT2D eigenvalue weighted by Gasteiger charge is -2.21. The number of hydrazone groups is 1. The van der Waals surface area contributed by atoms with Gasteiger partial charge < -0.3 is 0 Å². The number of anilines is 1. The maximum atomic E-state index is 12.9. The highest BCUT2D eigenvalue weighted by Crippen LogP contribution is 2.31. The molecule has 0 bridgehead atoms. The van der Waals surface area contributed by atoms with Crippen molar-refractivity contribution in [3.8, 4) is 0 Å². The van der Waals surface area contributed by atoms with Crippen LogP contribution in [0.15, 0.2) is 53.6 Å². The van der Waals surface area contributed by atoms with Gasteiger partial charge in [0.25, 0.3) is 5.91 Å². The van der Waals surface area contributed by atoms with E-state index < -0.39 is 34.2 Å². The number of rotatable bonds is 6. The maximum Gasteiger partial charge on any atom is 0.417 e. The Balaban J connectivity index is 2.12. The minimum atomic E-state index is -4.58. The SMILES string of the molecule is CS(=O)(=O)N(CC(=O)N/N=C\c1ccccc1C(F)(F)F)c1ccc(Cl)cc1. The lowest BCUT2D eigenvalue weighted by Crippen LogP contribution is -2.39. The molecule has 0 unspecified atom stereocenters. The highest BCUT2D eigenvalue weighted by molar-refractivity contribution is 7.92. The zero-order chi connectivity index (χ0) is 20.9. The van der Waals surface area contributed by atoms with Gasteiger partial charge in [0.05, 0.1) is 23.7 Å². The van der Waals surface area contributed by atoms with Crippen molar-refractivity contribution in [1.82, 2.24) is 5.43 Å². The van der Waals surface area contributed by atoms with Gasteiger partial charge >= 0.3 is 6.18 Å². The average Bonchev–Trinajstić information content (AvgIpc) is 2.59. The van der Waals surface area contributed by atoms with Gasteiger partial charge in [0.2, 0.25) is 10.0 Å². The lowest BCUT2D eigenvalue weighted by atomic mass is 10.1. The van der Waals surface area contributed by atoms with Gasteiger partial charge in [0, 0.05) is 10.6 Å². The quantitative estimate of drug-likeness (QED) is 0.561. The maximum absolute atomic E-state index is 12.9. The Morgan fingerprint density at radius 2 is 1.79 bits per heavy atom. The van der Waals surface area contributed by atoms with Gasteiger partial charge in [-0.25, -0.2) is 13.8 Å². The van der Waals surface area contributed by atoms with E-state index in [0.29, 0.717) is 5.02 Å². The Hall–Kier alpha value is -2.59. The van der Waals surface area contributed by atoms with Crippen LogP contribution in [0, 0.1) is 0 Å². The second-order valence-corrected chi connectivity index (χ2v) is 7.97. The number of halogens is 4. The zero-order valence-electron chi connectivity index (χ0n) is 14.4. The third-order valence-corrected chi connectivity index (χ3v) is 4.85. The van der Waals surface area contributed by atoms with E-state index in [-0.39, 0.29) is 11.3 Å². The number of nitrogens with zero attached hydrogens (tertiary/aromatic N) is 2. The summed E-state index contributed by atoms with van der Waals surface area (Å²) in [5.74, 6) is -0.832. The molecule has 0 spiro atoms. The Morgan fingerprint density at radius 1 is 1.18 bits per heavy atom. The van der Waals surface area contributed by atoms with E-state index in [1.807, 2.05) is 5.43 Å². The van der Waals surface area contributed by atoms with Crippen molar-refractivity contribution in [3.05, 3.63) is 64.7 Å². The second-order valence-electron chi connectivity index (χ2n) is 5.62. The number of carbonyl (C=O) groups is 1. The van der Waals surface area contributed by atoms with Crippen LogP contribution >= 0.6 is 11.6 Å². The highest BCUT2D eigenvalue weighted by atomic mass is 35.5. The molecule has 0 heterocycles. The molecular weight excluding hydrogens is 419 g/mol. The van der Waals surface area contributed by atoms with Crippen LogP contribution in [0.5, 0.6) is 0 Å². The molecule has 0 fully saturated rings. The molecule has 2 aromatic carbocycles. The first-order valence-corrected chi connectivity index (χ1v) is 9.92. The third kappa shape index (κ3) is 5.96. The van der Waals surface area contributed by atoms with Gasteiger partial charge in [-0.05, 0) is 30.3 Å². The average molecular weight is 434 g/mol. The van der Waals surface area contributed by atoms with Gasteiger partial charge in [-0.3, -0.25) is 9.10 Å². The summed E-state index contributed by atoms with van der Waals surface area (Å²) >= 11 is 5.76. The number of alkyl halides is 3. The number of hydrogen-bond acceptors (Lipinski definition) is 4. The summed E-state index contributed by atoms with van der Waals surface area (Å²) in [4.78, 5) is 12.0. The van der Waals surface area contributed by atoms with Crippen LogP contribution in [0.2, 0.25) is 5.02 Å². The van der Waals surface area contributed by atoms with Crippen LogP contribution in [0.25, 0.3) is 0 Å². The summed E-state index contributed by atoms with van der Waals surface area (Å²) in [6.07, 6.45) is -2.82. The lowest BCUT2D eigenvalue weighted by molar-refractivity contribution is -0.137.